The highest BCUT2D eigenvalue weighted by atomic mass is 16.1. The van der Waals surface area contributed by atoms with Crippen LogP contribution in [0.15, 0.2) is 18.2 Å². The number of primary amides is 1. The molecule has 1 aliphatic rings. The van der Waals surface area contributed by atoms with Gasteiger partial charge in [-0.1, -0.05) is 19.8 Å². The molecule has 0 heterocycles. The molecule has 4 nitrogen and oxygen atoms in total. The van der Waals surface area contributed by atoms with E-state index in [4.69, 9.17) is 11.5 Å². The van der Waals surface area contributed by atoms with E-state index in [0.717, 1.165) is 18.2 Å². The van der Waals surface area contributed by atoms with Gasteiger partial charge in [-0.2, -0.15) is 0 Å². The first-order chi connectivity index (χ1) is 9.06. The fourth-order valence-electron chi connectivity index (χ4n) is 2.71. The molecule has 5 N–H and O–H groups in total. The lowest BCUT2D eigenvalue weighted by molar-refractivity contribution is 0.100. The first kappa shape index (κ1) is 13.7. The van der Waals surface area contributed by atoms with Crippen molar-refractivity contribution in [1.29, 1.82) is 0 Å². The quantitative estimate of drug-likeness (QED) is 0.729. The Balaban J connectivity index is 1.97. The molecule has 4 heteroatoms. The van der Waals surface area contributed by atoms with Gasteiger partial charge in [-0.25, -0.2) is 0 Å². The fourth-order valence-corrected chi connectivity index (χ4v) is 2.71. The summed E-state index contributed by atoms with van der Waals surface area (Å²) in [6.45, 7) is 3.21. The molecule has 19 heavy (non-hydrogen) atoms. The molecular weight excluding hydrogens is 238 g/mol. The molecule has 104 valence electrons. The van der Waals surface area contributed by atoms with E-state index in [2.05, 4.69) is 12.2 Å². The second kappa shape index (κ2) is 5.95. The van der Waals surface area contributed by atoms with Gasteiger partial charge in [0.15, 0.2) is 0 Å². The van der Waals surface area contributed by atoms with Crippen LogP contribution in [0.3, 0.4) is 0 Å². The van der Waals surface area contributed by atoms with E-state index in [1.54, 1.807) is 12.1 Å². The van der Waals surface area contributed by atoms with E-state index in [-0.39, 0.29) is 0 Å². The molecular formula is C15H23N3O. The van der Waals surface area contributed by atoms with E-state index in [1.807, 2.05) is 6.07 Å². The monoisotopic (exact) mass is 261 g/mol. The average Bonchev–Trinajstić information content (AvgIpc) is 2.39. The Morgan fingerprint density at radius 1 is 1.32 bits per heavy atom. The third-order valence-corrected chi connectivity index (χ3v) is 4.03. The lowest BCUT2D eigenvalue weighted by atomic mass is 9.83. The molecule has 1 aliphatic carbocycles. The summed E-state index contributed by atoms with van der Waals surface area (Å²) in [4.78, 5) is 11.4. The van der Waals surface area contributed by atoms with Gasteiger partial charge in [-0.3, -0.25) is 4.79 Å². The second-order valence-corrected chi connectivity index (χ2v) is 5.68. The minimum atomic E-state index is -0.438. The first-order valence-corrected chi connectivity index (χ1v) is 6.99. The molecule has 1 saturated carbocycles. The lowest BCUT2D eigenvalue weighted by Gasteiger charge is -2.26. The molecule has 0 atom stereocenters. The zero-order valence-electron chi connectivity index (χ0n) is 11.5. The van der Waals surface area contributed by atoms with E-state index >= 15 is 0 Å². The van der Waals surface area contributed by atoms with Gasteiger partial charge in [0, 0.05) is 17.9 Å². The maximum atomic E-state index is 11.4. The van der Waals surface area contributed by atoms with Gasteiger partial charge >= 0.3 is 0 Å². The maximum absolute atomic E-state index is 11.4. The van der Waals surface area contributed by atoms with Gasteiger partial charge in [0.2, 0.25) is 0 Å². The minimum Gasteiger partial charge on any atom is -0.399 e. The van der Waals surface area contributed by atoms with Crippen molar-refractivity contribution in [1.82, 2.24) is 0 Å². The number of carbonyl (C=O) groups is 1. The molecule has 0 saturated heterocycles. The van der Waals surface area contributed by atoms with Crippen LogP contribution in [0.1, 0.15) is 43.0 Å². The molecule has 0 spiro atoms. The Kier molecular flexibility index (Phi) is 4.30. The maximum Gasteiger partial charge on any atom is 0.250 e. The van der Waals surface area contributed by atoms with E-state index in [0.29, 0.717) is 17.2 Å². The second-order valence-electron chi connectivity index (χ2n) is 5.68. The van der Waals surface area contributed by atoms with Crippen LogP contribution in [0.4, 0.5) is 11.4 Å². The van der Waals surface area contributed by atoms with E-state index in [9.17, 15) is 4.79 Å². The summed E-state index contributed by atoms with van der Waals surface area (Å²) in [6.07, 6.45) is 5.12. The first-order valence-electron chi connectivity index (χ1n) is 6.99. The van der Waals surface area contributed by atoms with Crippen LogP contribution < -0.4 is 16.8 Å². The molecule has 1 aromatic rings. The van der Waals surface area contributed by atoms with Crippen LogP contribution >= 0.6 is 0 Å². The van der Waals surface area contributed by atoms with Crippen molar-refractivity contribution in [3.8, 4) is 0 Å². The zero-order valence-corrected chi connectivity index (χ0v) is 11.5. The van der Waals surface area contributed by atoms with Gasteiger partial charge in [-0.15, -0.1) is 0 Å². The van der Waals surface area contributed by atoms with Crippen LogP contribution in [0.2, 0.25) is 0 Å². The topological polar surface area (TPSA) is 81.1 Å². The van der Waals surface area contributed by atoms with Crippen LogP contribution in [0.25, 0.3) is 0 Å². The highest BCUT2D eigenvalue weighted by Crippen LogP contribution is 2.29. The summed E-state index contributed by atoms with van der Waals surface area (Å²) in [6, 6.07) is 5.26. The molecule has 1 amide bonds. The smallest absolute Gasteiger partial charge is 0.250 e. The summed E-state index contributed by atoms with van der Waals surface area (Å²) >= 11 is 0. The summed E-state index contributed by atoms with van der Waals surface area (Å²) in [5.74, 6) is 1.11. The number of nitrogens with two attached hydrogens (primary N) is 2. The highest BCUT2D eigenvalue weighted by molar-refractivity contribution is 5.99. The number of benzene rings is 1. The third kappa shape index (κ3) is 3.63. The van der Waals surface area contributed by atoms with E-state index in [1.165, 1.54) is 25.7 Å². The minimum absolute atomic E-state index is 0.438. The Morgan fingerprint density at radius 3 is 2.63 bits per heavy atom. The number of nitrogen functional groups attached to an aromatic ring is 1. The molecule has 0 aromatic heterocycles. The van der Waals surface area contributed by atoms with Crippen molar-refractivity contribution in [2.45, 2.75) is 32.6 Å². The number of carbonyl (C=O) groups excluding carboxylic acids is 1. The number of rotatable bonds is 4. The summed E-state index contributed by atoms with van der Waals surface area (Å²) in [5, 5.41) is 3.35. The van der Waals surface area contributed by atoms with Gasteiger partial charge in [0.05, 0.1) is 5.56 Å². The zero-order chi connectivity index (χ0) is 13.8. The summed E-state index contributed by atoms with van der Waals surface area (Å²) < 4.78 is 0. The van der Waals surface area contributed by atoms with Crippen LogP contribution in [-0.4, -0.2) is 12.5 Å². The average molecular weight is 261 g/mol. The Morgan fingerprint density at radius 2 is 2.00 bits per heavy atom. The van der Waals surface area contributed by atoms with Crippen molar-refractivity contribution in [2.24, 2.45) is 17.6 Å². The molecule has 1 aromatic carbocycles. The summed E-state index contributed by atoms with van der Waals surface area (Å²) in [5.41, 5.74) is 12.9. The Labute approximate surface area is 114 Å². The molecule has 0 unspecified atom stereocenters. The van der Waals surface area contributed by atoms with Crippen molar-refractivity contribution in [2.75, 3.05) is 17.6 Å². The fraction of sp³-hybridized carbons (Fsp3) is 0.533. The number of anilines is 2. The predicted octanol–water partition coefficient (Wildman–Crippen LogP) is 2.61. The standard InChI is InChI=1S/C15H23N3O/c1-10-2-4-11(5-3-10)9-18-14-7-6-12(16)8-13(14)15(17)19/h6-8,10-11,18H,2-5,9,16H2,1H3,(H2,17,19). The van der Waals surface area contributed by atoms with Crippen molar-refractivity contribution >= 4 is 17.3 Å². The number of amides is 1. The van der Waals surface area contributed by atoms with Gasteiger partial charge in [0.25, 0.3) is 5.91 Å². The number of hydrogen-bond donors (Lipinski definition) is 3. The van der Waals surface area contributed by atoms with Crippen LogP contribution in [0, 0.1) is 11.8 Å². The van der Waals surface area contributed by atoms with Crippen molar-refractivity contribution in [3.63, 3.8) is 0 Å². The highest BCUT2D eigenvalue weighted by Gasteiger charge is 2.18. The largest absolute Gasteiger partial charge is 0.399 e. The molecule has 2 rings (SSSR count). The summed E-state index contributed by atoms with van der Waals surface area (Å²) in [7, 11) is 0. The number of nitrogens with one attached hydrogen (secondary N) is 1. The van der Waals surface area contributed by atoms with Crippen molar-refractivity contribution < 1.29 is 4.79 Å². The van der Waals surface area contributed by atoms with Gasteiger partial charge in [-0.05, 0) is 42.9 Å². The van der Waals surface area contributed by atoms with E-state index < -0.39 is 5.91 Å². The predicted molar refractivity (Wildman–Crippen MR) is 79.0 cm³/mol. The molecule has 0 aliphatic heterocycles. The molecule has 1 fully saturated rings. The van der Waals surface area contributed by atoms with Crippen LogP contribution in [-0.2, 0) is 0 Å². The van der Waals surface area contributed by atoms with Gasteiger partial charge < -0.3 is 16.8 Å². The molecule has 0 bridgehead atoms. The SMILES string of the molecule is CC1CCC(CNc2ccc(N)cc2C(N)=O)CC1. The number of hydrogen-bond acceptors (Lipinski definition) is 3. The molecule has 0 radical (unpaired) electrons. The Hall–Kier alpha value is -1.71. The van der Waals surface area contributed by atoms with Gasteiger partial charge in [0.1, 0.15) is 0 Å². The van der Waals surface area contributed by atoms with Crippen molar-refractivity contribution in [3.05, 3.63) is 23.8 Å². The third-order valence-electron chi connectivity index (χ3n) is 4.03. The van der Waals surface area contributed by atoms with Crippen LogP contribution in [0.5, 0.6) is 0 Å². The lowest BCUT2D eigenvalue weighted by Crippen LogP contribution is -2.22. The Bertz CT molecular complexity index is 451. The normalized spacial score (nSPS) is 23.0.